The molecule has 20 heteroatoms. The summed E-state index contributed by atoms with van der Waals surface area (Å²) in [5.41, 5.74) is 5.66. The molecule has 366 valence electrons. The molecule has 69 heavy (non-hydrogen) atoms. The van der Waals surface area contributed by atoms with Crippen LogP contribution < -0.4 is 19.9 Å². The molecule has 17 nitrogen and oxygen atoms in total. The highest BCUT2D eigenvalue weighted by atomic mass is 19.4. The number of alkyl halides is 3. The first-order valence-electron chi connectivity index (χ1n) is 24.1. The van der Waals surface area contributed by atoms with Gasteiger partial charge in [0.25, 0.3) is 11.8 Å². The molecule has 7 heterocycles. The Kier molecular flexibility index (Phi) is 12.3. The lowest BCUT2D eigenvalue weighted by molar-refractivity contribution is -0.192. The van der Waals surface area contributed by atoms with Crippen LogP contribution in [0.2, 0.25) is 0 Å². The van der Waals surface area contributed by atoms with E-state index in [0.29, 0.717) is 31.5 Å². The zero-order valence-electron chi connectivity index (χ0n) is 38.3. The van der Waals surface area contributed by atoms with Gasteiger partial charge >= 0.3 is 12.1 Å². The minimum Gasteiger partial charge on any atom is -0.489 e. The first kappa shape index (κ1) is 46.4. The molecular formula is C49H55F3N8O9. The summed E-state index contributed by atoms with van der Waals surface area (Å²) in [6.45, 7) is 7.10. The molecule has 2 saturated carbocycles. The van der Waals surface area contributed by atoms with Gasteiger partial charge < -0.3 is 24.5 Å². The fourth-order valence-electron chi connectivity index (χ4n) is 11.1. The highest BCUT2D eigenvalue weighted by Crippen LogP contribution is 2.47. The zero-order chi connectivity index (χ0) is 48.5. The minimum absolute atomic E-state index is 0.0803. The summed E-state index contributed by atoms with van der Waals surface area (Å²) in [5, 5.41) is 14.2. The summed E-state index contributed by atoms with van der Waals surface area (Å²) in [7, 11) is 0. The number of carboxylic acid groups (broad SMARTS) is 1. The standard InChI is InChI=1S/C47H54N8O7.C2HF3O2/c1-27-5-9-37-39(54(27)45(59)28-6-7-28)12-11-35(43(37)62-34-3-2-4-34)29-20-48-53(25-29)32-15-17-50(18-16-32)26-42(57)52-23-30-21-51(22-31(30)24-52)33-8-10-36-38(19-33)47(61)55(46(36)60)40-13-14-41(56)49-44(40)58;3-2(4,5)1(6)7/h8,10-12,19-20,25,27-28,30-32,34,40H,2-7,9,13-18,21-24,26H2,1H3,(H,49,56,58);(H,6,7)/t27-,30?,31?,40?;/m0./s1. The minimum atomic E-state index is -5.08. The van der Waals surface area contributed by atoms with Crippen molar-refractivity contribution in [2.45, 2.75) is 108 Å². The van der Waals surface area contributed by atoms with Gasteiger partial charge in [0.2, 0.25) is 23.6 Å². The van der Waals surface area contributed by atoms with E-state index in [-0.39, 0.29) is 59.9 Å². The van der Waals surface area contributed by atoms with Crippen LogP contribution in [0.4, 0.5) is 24.5 Å². The molecule has 6 fully saturated rings. The summed E-state index contributed by atoms with van der Waals surface area (Å²) in [6.07, 6.45) is 8.35. The van der Waals surface area contributed by atoms with Crippen molar-refractivity contribution in [2.75, 3.05) is 55.6 Å². The van der Waals surface area contributed by atoms with Gasteiger partial charge in [0.1, 0.15) is 11.8 Å². The van der Waals surface area contributed by atoms with Crippen LogP contribution in [0.15, 0.2) is 42.7 Å². The number of aromatic nitrogens is 2. The van der Waals surface area contributed by atoms with E-state index in [4.69, 9.17) is 19.7 Å². The SMILES string of the molecule is C[C@H]1CCc2c(ccc(-c3cnn(C4CCN(CC(=O)N5CC6CN(c7ccc8c(c7)C(=O)N(C7CCC(=O)NC7=O)C8=O)CC6C5)CC4)c3)c2OC2CCC2)N1C(=O)C1CC1.O=C(O)C(F)(F)F. The van der Waals surface area contributed by atoms with E-state index in [1.54, 1.807) is 12.1 Å². The molecular weight excluding hydrogens is 902 g/mol. The number of halogens is 3. The Morgan fingerprint density at radius 2 is 1.52 bits per heavy atom. The van der Waals surface area contributed by atoms with Crippen molar-refractivity contribution in [1.82, 2.24) is 29.8 Å². The quantitative estimate of drug-likeness (QED) is 0.278. The molecule has 2 aliphatic carbocycles. The first-order chi connectivity index (χ1) is 33.0. The van der Waals surface area contributed by atoms with E-state index >= 15 is 0 Å². The number of hydrogen-bond acceptors (Lipinski definition) is 11. The van der Waals surface area contributed by atoms with Crippen molar-refractivity contribution in [3.8, 4) is 16.9 Å². The Hall–Kier alpha value is -6.31. The lowest BCUT2D eigenvalue weighted by Gasteiger charge is -2.38. The largest absolute Gasteiger partial charge is 0.490 e. The number of carboxylic acids is 1. The Morgan fingerprint density at radius 1 is 0.841 bits per heavy atom. The van der Waals surface area contributed by atoms with Crippen molar-refractivity contribution in [1.29, 1.82) is 0 Å². The molecule has 0 spiro atoms. The Balaban J connectivity index is 0.000000736. The summed E-state index contributed by atoms with van der Waals surface area (Å²) in [4.78, 5) is 96.3. The van der Waals surface area contributed by atoms with Gasteiger partial charge in [-0.15, -0.1) is 0 Å². The Bertz CT molecular complexity index is 2590. The molecule has 6 aliphatic heterocycles. The number of nitrogens with one attached hydrogen (secondary N) is 1. The fourth-order valence-corrected chi connectivity index (χ4v) is 11.1. The van der Waals surface area contributed by atoms with Gasteiger partial charge in [-0.25, -0.2) is 4.79 Å². The summed E-state index contributed by atoms with van der Waals surface area (Å²) < 4.78 is 40.6. The van der Waals surface area contributed by atoms with Crippen LogP contribution in [0, 0.1) is 17.8 Å². The molecule has 4 atom stereocenters. The number of aliphatic carboxylic acids is 1. The van der Waals surface area contributed by atoms with Crippen molar-refractivity contribution in [3.63, 3.8) is 0 Å². The Morgan fingerprint density at radius 3 is 2.16 bits per heavy atom. The van der Waals surface area contributed by atoms with Gasteiger partial charge in [0.05, 0.1) is 41.7 Å². The molecule has 6 amide bonds. The molecule has 3 unspecified atom stereocenters. The summed E-state index contributed by atoms with van der Waals surface area (Å²) in [6, 6.07) is 8.97. The number of piperidine rings is 2. The number of nitrogens with zero attached hydrogens (tertiary/aromatic N) is 7. The Labute approximate surface area is 395 Å². The number of rotatable bonds is 9. The van der Waals surface area contributed by atoms with E-state index in [0.717, 1.165) is 116 Å². The van der Waals surface area contributed by atoms with Crippen LogP contribution in [0.25, 0.3) is 11.1 Å². The summed E-state index contributed by atoms with van der Waals surface area (Å²) >= 11 is 0. The third kappa shape index (κ3) is 9.07. The number of carbonyl (C=O) groups is 7. The average Bonchev–Trinajstić information content (AvgIpc) is 3.57. The van der Waals surface area contributed by atoms with E-state index in [1.165, 1.54) is 6.42 Å². The number of imide groups is 2. The van der Waals surface area contributed by atoms with Gasteiger partial charge in [-0.3, -0.25) is 48.6 Å². The van der Waals surface area contributed by atoms with Crippen LogP contribution in [0.1, 0.15) is 103 Å². The molecule has 11 rings (SSSR count). The molecule has 4 saturated heterocycles. The molecule has 2 aromatic carbocycles. The fraction of sp³-hybridized carbons (Fsp3) is 0.551. The number of anilines is 2. The number of amides is 6. The number of likely N-dealkylation sites (tertiary alicyclic amines) is 2. The maximum Gasteiger partial charge on any atom is 0.490 e. The second-order valence-electron chi connectivity index (χ2n) is 19.9. The number of benzene rings is 2. The number of fused-ring (bicyclic) bond motifs is 3. The highest BCUT2D eigenvalue weighted by Gasteiger charge is 2.47. The maximum absolute atomic E-state index is 13.7. The number of ether oxygens (including phenoxy) is 1. The predicted molar refractivity (Wildman–Crippen MR) is 241 cm³/mol. The predicted octanol–water partition coefficient (Wildman–Crippen LogP) is 4.83. The summed E-state index contributed by atoms with van der Waals surface area (Å²) in [5.74, 6) is -2.65. The van der Waals surface area contributed by atoms with Crippen LogP contribution in [-0.4, -0.2) is 141 Å². The van der Waals surface area contributed by atoms with Crippen LogP contribution in [0.5, 0.6) is 5.75 Å². The van der Waals surface area contributed by atoms with Gasteiger partial charge in [0, 0.05) is 98.1 Å². The van der Waals surface area contributed by atoms with E-state index < -0.39 is 41.8 Å². The lowest BCUT2D eigenvalue weighted by Crippen LogP contribution is -2.54. The van der Waals surface area contributed by atoms with Crippen LogP contribution in [-0.2, 0) is 30.4 Å². The van der Waals surface area contributed by atoms with E-state index in [9.17, 15) is 41.9 Å². The molecule has 3 aromatic rings. The normalized spacial score (nSPS) is 25.2. The molecule has 8 aliphatic rings. The third-order valence-corrected chi connectivity index (χ3v) is 15.3. The molecule has 2 N–H and O–H groups in total. The van der Waals surface area contributed by atoms with Gasteiger partial charge in [0.15, 0.2) is 0 Å². The topological polar surface area (TPSA) is 195 Å². The van der Waals surface area contributed by atoms with Crippen molar-refractivity contribution < 1.29 is 56.6 Å². The van der Waals surface area contributed by atoms with Crippen molar-refractivity contribution in [3.05, 3.63) is 59.4 Å². The van der Waals surface area contributed by atoms with Gasteiger partial charge in [-0.2, -0.15) is 18.3 Å². The van der Waals surface area contributed by atoms with Crippen molar-refractivity contribution >= 4 is 52.8 Å². The van der Waals surface area contributed by atoms with Gasteiger partial charge in [-0.05, 0) is 101 Å². The smallest absolute Gasteiger partial charge is 0.489 e. The number of hydrogen-bond donors (Lipinski definition) is 2. The lowest BCUT2D eigenvalue weighted by atomic mass is 9.91. The average molecular weight is 957 g/mol. The monoisotopic (exact) mass is 956 g/mol. The molecule has 0 bridgehead atoms. The zero-order valence-corrected chi connectivity index (χ0v) is 38.3. The van der Waals surface area contributed by atoms with Gasteiger partial charge in [-0.1, -0.05) is 0 Å². The first-order valence-corrected chi connectivity index (χ1v) is 24.1. The molecule has 1 aromatic heterocycles. The second kappa shape index (κ2) is 18.2. The van der Waals surface area contributed by atoms with Crippen molar-refractivity contribution in [2.24, 2.45) is 17.8 Å². The molecule has 0 radical (unpaired) electrons. The second-order valence-corrected chi connectivity index (χ2v) is 19.9. The van der Waals surface area contributed by atoms with Crippen LogP contribution in [0.3, 0.4) is 0 Å². The maximum atomic E-state index is 13.7. The van der Waals surface area contributed by atoms with E-state index in [2.05, 4.69) is 45.1 Å². The van der Waals surface area contributed by atoms with Crippen LogP contribution >= 0.6 is 0 Å². The van der Waals surface area contributed by atoms with E-state index in [1.807, 2.05) is 22.1 Å². The number of carbonyl (C=O) groups excluding carboxylic acids is 6. The third-order valence-electron chi connectivity index (χ3n) is 15.3. The highest BCUT2D eigenvalue weighted by molar-refractivity contribution is 6.23.